The molecule has 0 aromatic heterocycles. The molecule has 0 fully saturated rings. The van der Waals surface area contributed by atoms with E-state index in [1.54, 1.807) is 6.07 Å². The molecule has 0 bridgehead atoms. The highest BCUT2D eigenvalue weighted by Crippen LogP contribution is 2.27. The molecule has 1 rings (SSSR count). The molecule has 0 aliphatic rings. The van der Waals surface area contributed by atoms with Gasteiger partial charge in [0.15, 0.2) is 0 Å². The van der Waals surface area contributed by atoms with Crippen molar-refractivity contribution in [1.82, 2.24) is 0 Å². The monoisotopic (exact) mass is 281 g/mol. The average molecular weight is 281 g/mol. The fourth-order valence-electron chi connectivity index (χ4n) is 2.03. The van der Waals surface area contributed by atoms with E-state index in [0.29, 0.717) is 13.1 Å². The number of non-ortho nitro benzene ring substituents is 1. The summed E-state index contributed by atoms with van der Waals surface area (Å²) in [5, 5.41) is 23.3. The molecule has 0 aliphatic heterocycles. The minimum Gasteiger partial charge on any atom is -0.395 e. The van der Waals surface area contributed by atoms with Gasteiger partial charge in [-0.1, -0.05) is 13.3 Å². The number of hydrogen-bond acceptors (Lipinski definition) is 5. The third-order valence-corrected chi connectivity index (χ3v) is 3.01. The number of hydrogen-bond donors (Lipinski definition) is 2. The highest BCUT2D eigenvalue weighted by Gasteiger charge is 2.13. The summed E-state index contributed by atoms with van der Waals surface area (Å²) in [6.07, 6.45) is 2.02. The van der Waals surface area contributed by atoms with Crippen LogP contribution in [0.3, 0.4) is 0 Å². The Morgan fingerprint density at radius 2 is 2.05 bits per heavy atom. The minimum absolute atomic E-state index is 0.0307. The van der Waals surface area contributed by atoms with Crippen LogP contribution in [0.25, 0.3) is 0 Å². The van der Waals surface area contributed by atoms with E-state index in [-0.39, 0.29) is 17.2 Å². The number of aliphatic hydroxyl groups is 1. The summed E-state index contributed by atoms with van der Waals surface area (Å²) in [6, 6.07) is 4.98. The molecule has 1 aromatic carbocycles. The van der Waals surface area contributed by atoms with Crippen molar-refractivity contribution in [1.29, 1.82) is 0 Å². The number of nitrogens with zero attached hydrogens (tertiary/aromatic N) is 2. The van der Waals surface area contributed by atoms with Crippen molar-refractivity contribution in [2.24, 2.45) is 0 Å². The lowest BCUT2D eigenvalue weighted by Crippen LogP contribution is -2.27. The molecular formula is C14H23N3O3. The molecule has 0 spiro atoms. The van der Waals surface area contributed by atoms with Crippen LogP contribution in [-0.4, -0.2) is 36.3 Å². The lowest BCUT2D eigenvalue weighted by Gasteiger charge is -2.24. The van der Waals surface area contributed by atoms with E-state index in [1.165, 1.54) is 6.07 Å². The molecule has 0 saturated carbocycles. The first kappa shape index (κ1) is 16.2. The van der Waals surface area contributed by atoms with E-state index < -0.39 is 0 Å². The van der Waals surface area contributed by atoms with Crippen LogP contribution in [-0.2, 0) is 0 Å². The Morgan fingerprint density at radius 1 is 1.30 bits per heavy atom. The smallest absolute Gasteiger partial charge is 0.273 e. The third-order valence-electron chi connectivity index (χ3n) is 3.01. The molecular weight excluding hydrogens is 258 g/mol. The van der Waals surface area contributed by atoms with Crippen LogP contribution in [0.15, 0.2) is 18.2 Å². The molecule has 0 unspecified atom stereocenters. The first-order valence-electron chi connectivity index (χ1n) is 7.01. The van der Waals surface area contributed by atoms with Crippen molar-refractivity contribution in [2.45, 2.75) is 26.7 Å². The Balaban J connectivity index is 3.07. The van der Waals surface area contributed by atoms with Gasteiger partial charge >= 0.3 is 0 Å². The van der Waals surface area contributed by atoms with Gasteiger partial charge in [-0.2, -0.15) is 0 Å². The predicted molar refractivity (Wildman–Crippen MR) is 81.5 cm³/mol. The largest absolute Gasteiger partial charge is 0.395 e. The van der Waals surface area contributed by atoms with Gasteiger partial charge in [-0.05, 0) is 19.4 Å². The fourth-order valence-corrected chi connectivity index (χ4v) is 2.03. The number of nitro groups is 1. The molecule has 0 radical (unpaired) electrons. The van der Waals surface area contributed by atoms with Gasteiger partial charge in [-0.3, -0.25) is 10.1 Å². The number of rotatable bonds is 9. The fraction of sp³-hybridized carbons (Fsp3) is 0.571. The molecule has 0 aliphatic carbocycles. The summed E-state index contributed by atoms with van der Waals surface area (Å²) < 4.78 is 0. The first-order chi connectivity index (χ1) is 9.62. The van der Waals surface area contributed by atoms with Gasteiger partial charge in [0.25, 0.3) is 5.69 Å². The highest BCUT2D eigenvalue weighted by atomic mass is 16.6. The number of nitrogens with one attached hydrogen (secondary N) is 1. The second kappa shape index (κ2) is 8.37. The summed E-state index contributed by atoms with van der Waals surface area (Å²) in [5.41, 5.74) is 1.58. The lowest BCUT2D eigenvalue weighted by atomic mass is 10.2. The standard InChI is InChI=1S/C14H23N3O3/c1-3-5-6-16(7-8-18)13-9-12(15-4-2)10-14(11-13)17(19)20/h9-11,15,18H,3-8H2,1-2H3. The predicted octanol–water partition coefficient (Wildman–Crippen LogP) is 2.63. The van der Waals surface area contributed by atoms with Crippen LogP contribution in [0.4, 0.5) is 17.1 Å². The lowest BCUT2D eigenvalue weighted by molar-refractivity contribution is -0.384. The van der Waals surface area contributed by atoms with Crippen molar-refractivity contribution < 1.29 is 10.0 Å². The second-order valence-electron chi connectivity index (χ2n) is 4.59. The maximum absolute atomic E-state index is 11.0. The van der Waals surface area contributed by atoms with E-state index >= 15 is 0 Å². The quantitative estimate of drug-likeness (QED) is 0.537. The van der Waals surface area contributed by atoms with Crippen LogP contribution in [0.2, 0.25) is 0 Å². The van der Waals surface area contributed by atoms with Crippen LogP contribution in [0.5, 0.6) is 0 Å². The van der Waals surface area contributed by atoms with Crippen LogP contribution < -0.4 is 10.2 Å². The zero-order valence-electron chi connectivity index (χ0n) is 12.1. The summed E-state index contributed by atoms with van der Waals surface area (Å²) in [5.74, 6) is 0. The zero-order valence-corrected chi connectivity index (χ0v) is 12.1. The molecule has 0 atom stereocenters. The van der Waals surface area contributed by atoms with Crippen molar-refractivity contribution in [3.8, 4) is 0 Å². The number of unbranched alkanes of at least 4 members (excludes halogenated alkanes) is 1. The van der Waals surface area contributed by atoms with Crippen molar-refractivity contribution in [3.05, 3.63) is 28.3 Å². The maximum atomic E-state index is 11.0. The third kappa shape index (κ3) is 4.70. The Labute approximate surface area is 119 Å². The maximum Gasteiger partial charge on any atom is 0.273 e. The zero-order chi connectivity index (χ0) is 15.0. The van der Waals surface area contributed by atoms with E-state index in [1.807, 2.05) is 17.9 Å². The van der Waals surface area contributed by atoms with Gasteiger partial charge in [-0.25, -0.2) is 0 Å². The molecule has 0 heterocycles. The molecule has 0 saturated heterocycles. The number of nitro benzene ring substituents is 1. The summed E-state index contributed by atoms with van der Waals surface area (Å²) in [6.45, 7) is 6.03. The van der Waals surface area contributed by atoms with E-state index in [4.69, 9.17) is 5.11 Å². The number of benzene rings is 1. The van der Waals surface area contributed by atoms with Gasteiger partial charge in [0.2, 0.25) is 0 Å². The molecule has 20 heavy (non-hydrogen) atoms. The normalized spacial score (nSPS) is 10.3. The molecule has 0 amide bonds. The first-order valence-corrected chi connectivity index (χ1v) is 7.01. The average Bonchev–Trinajstić information content (AvgIpc) is 2.43. The molecule has 2 N–H and O–H groups in total. The minimum atomic E-state index is -0.388. The topological polar surface area (TPSA) is 78.6 Å². The van der Waals surface area contributed by atoms with E-state index in [9.17, 15) is 10.1 Å². The van der Waals surface area contributed by atoms with Gasteiger partial charge in [-0.15, -0.1) is 0 Å². The molecule has 1 aromatic rings. The summed E-state index contributed by atoms with van der Waals surface area (Å²) >= 11 is 0. The highest BCUT2D eigenvalue weighted by molar-refractivity contribution is 5.64. The molecule has 6 heteroatoms. The van der Waals surface area contributed by atoms with Crippen molar-refractivity contribution >= 4 is 17.1 Å². The van der Waals surface area contributed by atoms with Crippen LogP contribution >= 0.6 is 0 Å². The second-order valence-corrected chi connectivity index (χ2v) is 4.59. The van der Waals surface area contributed by atoms with Crippen molar-refractivity contribution in [2.75, 3.05) is 36.5 Å². The Hall–Kier alpha value is -1.82. The molecule has 6 nitrogen and oxygen atoms in total. The molecule has 112 valence electrons. The van der Waals surface area contributed by atoms with Crippen LogP contribution in [0.1, 0.15) is 26.7 Å². The Kier molecular flexibility index (Phi) is 6.79. The summed E-state index contributed by atoms with van der Waals surface area (Å²) in [4.78, 5) is 12.6. The Bertz CT molecular complexity index is 438. The Morgan fingerprint density at radius 3 is 2.60 bits per heavy atom. The van der Waals surface area contributed by atoms with E-state index in [2.05, 4.69) is 12.2 Å². The van der Waals surface area contributed by atoms with Gasteiger partial charge in [0.05, 0.1) is 11.5 Å². The van der Waals surface area contributed by atoms with Gasteiger partial charge < -0.3 is 15.3 Å². The SMILES string of the molecule is CCCCN(CCO)c1cc(NCC)cc([N+](=O)[O-])c1. The van der Waals surface area contributed by atoms with Gasteiger partial charge in [0.1, 0.15) is 0 Å². The van der Waals surface area contributed by atoms with Crippen LogP contribution in [0, 0.1) is 10.1 Å². The van der Waals surface area contributed by atoms with E-state index in [0.717, 1.165) is 30.8 Å². The number of anilines is 2. The summed E-state index contributed by atoms with van der Waals surface area (Å²) in [7, 11) is 0. The number of aliphatic hydroxyl groups excluding tert-OH is 1. The van der Waals surface area contributed by atoms with Gasteiger partial charge in [0, 0.05) is 43.1 Å². The van der Waals surface area contributed by atoms with Crippen molar-refractivity contribution in [3.63, 3.8) is 0 Å².